The van der Waals surface area contributed by atoms with E-state index in [2.05, 4.69) is 20.8 Å². The summed E-state index contributed by atoms with van der Waals surface area (Å²) in [5, 5.41) is 0. The van der Waals surface area contributed by atoms with Gasteiger partial charge in [0, 0.05) is 0 Å². The van der Waals surface area contributed by atoms with E-state index < -0.39 is 0 Å². The Bertz CT molecular complexity index is 212. The minimum Gasteiger partial charge on any atom is -0.0648 e. The molecule has 0 heteroatoms. The third-order valence-corrected chi connectivity index (χ3v) is 5.77. The molecule has 16 heavy (non-hydrogen) atoms. The van der Waals surface area contributed by atoms with Gasteiger partial charge in [-0.25, -0.2) is 0 Å². The van der Waals surface area contributed by atoms with E-state index >= 15 is 0 Å². The minimum absolute atomic E-state index is 0.748. The number of hydrogen-bond acceptors (Lipinski definition) is 0. The molecule has 0 heterocycles. The molecule has 2 fully saturated rings. The van der Waals surface area contributed by atoms with Crippen molar-refractivity contribution in [3.63, 3.8) is 0 Å². The van der Waals surface area contributed by atoms with Crippen molar-refractivity contribution in [3.05, 3.63) is 0 Å². The van der Waals surface area contributed by atoms with Gasteiger partial charge < -0.3 is 0 Å². The largest absolute Gasteiger partial charge is 0.0648 e. The Balaban J connectivity index is 2.07. The zero-order valence-corrected chi connectivity index (χ0v) is 11.6. The van der Waals surface area contributed by atoms with Crippen molar-refractivity contribution in [2.45, 2.75) is 78.6 Å². The van der Waals surface area contributed by atoms with Gasteiger partial charge >= 0.3 is 0 Å². The van der Waals surface area contributed by atoms with Gasteiger partial charge in [-0.2, -0.15) is 0 Å². The molecule has 2 saturated carbocycles. The molecule has 3 unspecified atom stereocenters. The smallest absolute Gasteiger partial charge is 0.0269 e. The van der Waals surface area contributed by atoms with Crippen LogP contribution < -0.4 is 0 Å². The van der Waals surface area contributed by atoms with Gasteiger partial charge in [0.05, 0.1) is 0 Å². The van der Waals surface area contributed by atoms with Crippen LogP contribution in [0.15, 0.2) is 0 Å². The van der Waals surface area contributed by atoms with Crippen LogP contribution in [-0.2, 0) is 0 Å². The lowest BCUT2D eigenvalue weighted by Gasteiger charge is -2.49. The Hall–Kier alpha value is 0. The lowest BCUT2D eigenvalue weighted by Crippen LogP contribution is -2.39. The lowest BCUT2D eigenvalue weighted by molar-refractivity contribution is 0.0161. The summed E-state index contributed by atoms with van der Waals surface area (Å²) in [5.41, 5.74) is 0.748. The highest BCUT2D eigenvalue weighted by Crippen LogP contribution is 2.52. The minimum atomic E-state index is 0.748. The van der Waals surface area contributed by atoms with E-state index in [0.717, 1.165) is 23.2 Å². The molecular formula is C16H30. The maximum absolute atomic E-state index is 2.53. The van der Waals surface area contributed by atoms with Crippen LogP contribution in [0, 0.1) is 23.2 Å². The first-order chi connectivity index (χ1) is 7.68. The van der Waals surface area contributed by atoms with E-state index in [1.165, 1.54) is 57.8 Å². The van der Waals surface area contributed by atoms with Crippen molar-refractivity contribution in [1.82, 2.24) is 0 Å². The molecule has 2 rings (SSSR count). The molecule has 0 aromatic carbocycles. The molecule has 0 bridgehead atoms. The monoisotopic (exact) mass is 222 g/mol. The van der Waals surface area contributed by atoms with Crippen LogP contribution >= 0.6 is 0 Å². The summed E-state index contributed by atoms with van der Waals surface area (Å²) in [4.78, 5) is 0. The first-order valence-corrected chi connectivity index (χ1v) is 7.68. The van der Waals surface area contributed by atoms with E-state index in [0.29, 0.717) is 0 Å². The summed E-state index contributed by atoms with van der Waals surface area (Å²) in [7, 11) is 0. The Kier molecular flexibility index (Phi) is 3.97. The van der Waals surface area contributed by atoms with Crippen molar-refractivity contribution >= 4 is 0 Å². The standard InChI is InChI=1S/C16H30/c1-4-16(10-6-5-7-11-16)15-9-8-13(2)12-14(15)3/h13-15H,4-12H2,1-3H3. The highest BCUT2D eigenvalue weighted by molar-refractivity contribution is 4.92. The lowest BCUT2D eigenvalue weighted by atomic mass is 9.56. The van der Waals surface area contributed by atoms with Crippen LogP contribution in [0.3, 0.4) is 0 Å². The molecule has 2 aliphatic carbocycles. The van der Waals surface area contributed by atoms with E-state index in [1.807, 2.05) is 0 Å². The summed E-state index contributed by atoms with van der Waals surface area (Å²) in [6.07, 6.45) is 13.5. The SMILES string of the molecule is CCC1(C2CCC(C)CC2C)CCCCC1. The van der Waals surface area contributed by atoms with Crippen LogP contribution in [0.25, 0.3) is 0 Å². The Morgan fingerprint density at radius 3 is 2.25 bits per heavy atom. The van der Waals surface area contributed by atoms with Crippen LogP contribution in [0.2, 0.25) is 0 Å². The van der Waals surface area contributed by atoms with Crippen LogP contribution in [-0.4, -0.2) is 0 Å². The second-order valence-corrected chi connectivity index (χ2v) is 6.78. The second kappa shape index (κ2) is 5.10. The van der Waals surface area contributed by atoms with Gasteiger partial charge in [-0.15, -0.1) is 0 Å². The Labute approximate surface area is 102 Å². The van der Waals surface area contributed by atoms with Gasteiger partial charge in [0.25, 0.3) is 0 Å². The Morgan fingerprint density at radius 2 is 1.69 bits per heavy atom. The molecule has 0 nitrogen and oxygen atoms in total. The third kappa shape index (κ3) is 2.31. The quantitative estimate of drug-likeness (QED) is 0.585. The van der Waals surface area contributed by atoms with Crippen LogP contribution in [0.1, 0.15) is 78.6 Å². The van der Waals surface area contributed by atoms with Gasteiger partial charge in [-0.05, 0) is 48.9 Å². The number of hydrogen-bond donors (Lipinski definition) is 0. The van der Waals surface area contributed by atoms with E-state index in [1.54, 1.807) is 0 Å². The van der Waals surface area contributed by atoms with Gasteiger partial charge in [-0.3, -0.25) is 0 Å². The first kappa shape index (κ1) is 12.5. The zero-order chi connectivity index (χ0) is 11.6. The van der Waals surface area contributed by atoms with E-state index in [9.17, 15) is 0 Å². The van der Waals surface area contributed by atoms with Gasteiger partial charge in [0.15, 0.2) is 0 Å². The third-order valence-electron chi connectivity index (χ3n) is 5.77. The molecular weight excluding hydrogens is 192 g/mol. The van der Waals surface area contributed by atoms with Crippen molar-refractivity contribution in [1.29, 1.82) is 0 Å². The fourth-order valence-corrected chi connectivity index (χ4v) is 4.82. The van der Waals surface area contributed by atoms with Crippen molar-refractivity contribution < 1.29 is 0 Å². The van der Waals surface area contributed by atoms with Crippen molar-refractivity contribution in [2.75, 3.05) is 0 Å². The summed E-state index contributed by atoms with van der Waals surface area (Å²) < 4.78 is 0. The molecule has 0 saturated heterocycles. The summed E-state index contributed by atoms with van der Waals surface area (Å²) in [6.45, 7) is 7.44. The molecule has 0 amide bonds. The summed E-state index contributed by atoms with van der Waals surface area (Å²) in [5.74, 6) is 3.03. The maximum Gasteiger partial charge on any atom is -0.0269 e. The van der Waals surface area contributed by atoms with E-state index in [-0.39, 0.29) is 0 Å². The van der Waals surface area contributed by atoms with Crippen LogP contribution in [0.4, 0.5) is 0 Å². The summed E-state index contributed by atoms with van der Waals surface area (Å²) >= 11 is 0. The average Bonchev–Trinajstić information content (AvgIpc) is 2.30. The van der Waals surface area contributed by atoms with Crippen molar-refractivity contribution in [2.24, 2.45) is 23.2 Å². The molecule has 0 N–H and O–H groups in total. The maximum atomic E-state index is 2.53. The topological polar surface area (TPSA) is 0 Å². The average molecular weight is 222 g/mol. The molecule has 3 atom stereocenters. The highest BCUT2D eigenvalue weighted by atomic mass is 14.5. The molecule has 0 spiro atoms. The van der Waals surface area contributed by atoms with Crippen molar-refractivity contribution in [3.8, 4) is 0 Å². The highest BCUT2D eigenvalue weighted by Gasteiger charge is 2.42. The Morgan fingerprint density at radius 1 is 1.00 bits per heavy atom. The normalized spacial score (nSPS) is 39.6. The second-order valence-electron chi connectivity index (χ2n) is 6.78. The molecule has 94 valence electrons. The number of rotatable bonds is 2. The fourth-order valence-electron chi connectivity index (χ4n) is 4.82. The predicted octanol–water partition coefficient (Wildman–Crippen LogP) is 5.42. The predicted molar refractivity (Wildman–Crippen MR) is 71.5 cm³/mol. The molecule has 0 aromatic heterocycles. The van der Waals surface area contributed by atoms with E-state index in [4.69, 9.17) is 0 Å². The fraction of sp³-hybridized carbons (Fsp3) is 1.00. The zero-order valence-electron chi connectivity index (χ0n) is 11.6. The molecule has 2 aliphatic rings. The molecule has 0 radical (unpaired) electrons. The molecule has 0 aromatic rings. The van der Waals surface area contributed by atoms with Gasteiger partial charge in [-0.1, -0.05) is 52.9 Å². The summed E-state index contributed by atoms with van der Waals surface area (Å²) in [6, 6.07) is 0. The molecule has 0 aliphatic heterocycles. The van der Waals surface area contributed by atoms with Crippen LogP contribution in [0.5, 0.6) is 0 Å². The van der Waals surface area contributed by atoms with Gasteiger partial charge in [0.2, 0.25) is 0 Å². The van der Waals surface area contributed by atoms with Gasteiger partial charge in [0.1, 0.15) is 0 Å². The first-order valence-electron chi connectivity index (χ1n) is 7.68.